The van der Waals surface area contributed by atoms with Crippen LogP contribution in [0.2, 0.25) is 0 Å². The van der Waals surface area contributed by atoms with Gasteiger partial charge in [0.25, 0.3) is 0 Å². The van der Waals surface area contributed by atoms with Gasteiger partial charge < -0.3 is 10.3 Å². The van der Waals surface area contributed by atoms with Crippen LogP contribution in [0.25, 0.3) is 0 Å². The fraction of sp³-hybridized carbons (Fsp3) is 0.583. The molecular weight excluding hydrogens is 218 g/mol. The second-order valence-corrected chi connectivity index (χ2v) is 4.95. The van der Waals surface area contributed by atoms with Crippen LogP contribution < -0.4 is 5.73 Å². The molecule has 4 heteroatoms. The molecule has 0 spiro atoms. The predicted molar refractivity (Wildman–Crippen MR) is 72.9 cm³/mol. The number of rotatable bonds is 7. The molecule has 0 aliphatic heterocycles. The summed E-state index contributed by atoms with van der Waals surface area (Å²) in [6.45, 7) is 8.77. The Morgan fingerprint density at radius 2 is 2.25 bits per heavy atom. The lowest BCUT2D eigenvalue weighted by atomic mass is 10.3. The summed E-state index contributed by atoms with van der Waals surface area (Å²) in [5, 5.41) is 0. The molecule has 0 aliphatic rings. The van der Waals surface area contributed by atoms with Gasteiger partial charge in [-0.15, -0.1) is 6.58 Å². The third-order valence-electron chi connectivity index (χ3n) is 2.48. The molecule has 0 unspecified atom stereocenters. The lowest BCUT2D eigenvalue weighted by Gasteiger charge is -2.04. The number of nitrogens with zero attached hydrogens (tertiary/aromatic N) is 2. The molecule has 2 N–H and O–H groups in total. The molecule has 0 fully saturated rings. The summed E-state index contributed by atoms with van der Waals surface area (Å²) in [7, 11) is 0. The van der Waals surface area contributed by atoms with E-state index < -0.39 is 0 Å². The summed E-state index contributed by atoms with van der Waals surface area (Å²) >= 11 is 1.92. The minimum atomic E-state index is 0.753. The van der Waals surface area contributed by atoms with Gasteiger partial charge in [-0.2, -0.15) is 11.8 Å². The second-order valence-electron chi connectivity index (χ2n) is 3.56. The van der Waals surface area contributed by atoms with E-state index in [2.05, 4.69) is 30.0 Å². The molecular formula is C12H21N3S. The monoisotopic (exact) mass is 239 g/mol. The standard InChI is InChI=1S/C12H21N3S/c1-4-8-15-11(5-2)14-10(12(15)13)7-9-16-6-3/h4H,1,5-9,13H2,2-3H3. The number of aromatic nitrogens is 2. The topological polar surface area (TPSA) is 43.8 Å². The van der Waals surface area contributed by atoms with E-state index >= 15 is 0 Å². The molecule has 0 aliphatic carbocycles. The van der Waals surface area contributed by atoms with Crippen LogP contribution in [0.1, 0.15) is 25.4 Å². The highest BCUT2D eigenvalue weighted by atomic mass is 32.2. The summed E-state index contributed by atoms with van der Waals surface area (Å²) in [6.07, 6.45) is 3.74. The highest BCUT2D eigenvalue weighted by Crippen LogP contribution is 2.17. The molecule has 1 heterocycles. The third kappa shape index (κ3) is 3.04. The van der Waals surface area contributed by atoms with Gasteiger partial charge >= 0.3 is 0 Å². The van der Waals surface area contributed by atoms with Crippen molar-refractivity contribution >= 4 is 17.6 Å². The van der Waals surface area contributed by atoms with Crippen LogP contribution >= 0.6 is 11.8 Å². The van der Waals surface area contributed by atoms with E-state index in [1.165, 1.54) is 0 Å². The van der Waals surface area contributed by atoms with Crippen molar-refractivity contribution in [1.82, 2.24) is 9.55 Å². The molecule has 0 amide bonds. The number of anilines is 1. The van der Waals surface area contributed by atoms with E-state index in [0.29, 0.717) is 0 Å². The van der Waals surface area contributed by atoms with Gasteiger partial charge in [-0.05, 0) is 11.5 Å². The average Bonchev–Trinajstić information content (AvgIpc) is 2.58. The molecule has 0 bridgehead atoms. The first-order valence-corrected chi connectivity index (χ1v) is 6.92. The largest absolute Gasteiger partial charge is 0.384 e. The Labute approximate surface area is 102 Å². The fourth-order valence-electron chi connectivity index (χ4n) is 1.67. The SMILES string of the molecule is C=CCn1c(CC)nc(CCSCC)c1N. The van der Waals surface area contributed by atoms with E-state index in [1.807, 2.05) is 17.8 Å². The van der Waals surface area contributed by atoms with Crippen molar-refractivity contribution in [2.45, 2.75) is 33.2 Å². The van der Waals surface area contributed by atoms with Crippen molar-refractivity contribution in [3.05, 3.63) is 24.2 Å². The van der Waals surface area contributed by atoms with Gasteiger partial charge in [0.1, 0.15) is 11.6 Å². The Balaban J connectivity index is 2.80. The zero-order chi connectivity index (χ0) is 12.0. The lowest BCUT2D eigenvalue weighted by Crippen LogP contribution is -2.05. The Hall–Kier alpha value is -0.900. The quantitative estimate of drug-likeness (QED) is 0.587. The van der Waals surface area contributed by atoms with Crippen LogP contribution in [-0.2, 0) is 19.4 Å². The number of hydrogen-bond acceptors (Lipinski definition) is 3. The number of nitrogen functional groups attached to an aromatic ring is 1. The van der Waals surface area contributed by atoms with Crippen molar-refractivity contribution in [3.8, 4) is 0 Å². The summed E-state index contributed by atoms with van der Waals surface area (Å²) in [5.41, 5.74) is 7.13. The molecule has 1 aromatic rings. The molecule has 16 heavy (non-hydrogen) atoms. The first kappa shape index (κ1) is 13.2. The molecule has 0 saturated carbocycles. The Morgan fingerprint density at radius 1 is 1.50 bits per heavy atom. The summed E-state index contributed by atoms with van der Waals surface area (Å²) < 4.78 is 2.05. The van der Waals surface area contributed by atoms with Crippen molar-refractivity contribution in [2.75, 3.05) is 17.2 Å². The van der Waals surface area contributed by atoms with E-state index in [0.717, 1.165) is 48.2 Å². The summed E-state index contributed by atoms with van der Waals surface area (Å²) in [4.78, 5) is 4.60. The summed E-state index contributed by atoms with van der Waals surface area (Å²) in [6, 6.07) is 0. The first-order chi connectivity index (χ1) is 7.74. The number of thioether (sulfide) groups is 1. The van der Waals surface area contributed by atoms with Gasteiger partial charge in [0.15, 0.2) is 0 Å². The zero-order valence-corrected chi connectivity index (χ0v) is 11.0. The molecule has 0 radical (unpaired) electrons. The number of hydrogen-bond donors (Lipinski definition) is 1. The van der Waals surface area contributed by atoms with Crippen LogP contribution in [0, 0.1) is 0 Å². The van der Waals surface area contributed by atoms with Gasteiger partial charge in [-0.3, -0.25) is 0 Å². The van der Waals surface area contributed by atoms with E-state index in [1.54, 1.807) is 0 Å². The van der Waals surface area contributed by atoms with Gasteiger partial charge in [0.2, 0.25) is 0 Å². The average molecular weight is 239 g/mol. The molecule has 3 nitrogen and oxygen atoms in total. The second kappa shape index (κ2) is 6.63. The van der Waals surface area contributed by atoms with Gasteiger partial charge in [-0.1, -0.05) is 19.9 Å². The minimum absolute atomic E-state index is 0.753. The minimum Gasteiger partial charge on any atom is -0.384 e. The van der Waals surface area contributed by atoms with Crippen molar-refractivity contribution in [3.63, 3.8) is 0 Å². The molecule has 90 valence electrons. The Bertz CT molecular complexity index is 344. The first-order valence-electron chi connectivity index (χ1n) is 5.76. The number of imidazole rings is 1. The van der Waals surface area contributed by atoms with E-state index in [-0.39, 0.29) is 0 Å². The Kier molecular flexibility index (Phi) is 5.46. The normalized spacial score (nSPS) is 10.6. The van der Waals surface area contributed by atoms with Crippen LogP contribution in [0.4, 0.5) is 5.82 Å². The van der Waals surface area contributed by atoms with E-state index in [9.17, 15) is 0 Å². The maximum atomic E-state index is 6.09. The smallest absolute Gasteiger partial charge is 0.127 e. The number of allylic oxidation sites excluding steroid dienone is 1. The van der Waals surface area contributed by atoms with Crippen LogP contribution in [-0.4, -0.2) is 21.1 Å². The van der Waals surface area contributed by atoms with Gasteiger partial charge in [0.05, 0.1) is 5.69 Å². The number of aryl methyl sites for hydroxylation is 2. The Morgan fingerprint density at radius 3 is 2.81 bits per heavy atom. The predicted octanol–water partition coefficient (Wildman–Crippen LogP) is 2.51. The highest BCUT2D eigenvalue weighted by Gasteiger charge is 2.11. The molecule has 1 aromatic heterocycles. The van der Waals surface area contributed by atoms with Crippen molar-refractivity contribution in [2.24, 2.45) is 0 Å². The lowest BCUT2D eigenvalue weighted by molar-refractivity contribution is 0.757. The van der Waals surface area contributed by atoms with Crippen molar-refractivity contribution < 1.29 is 0 Å². The van der Waals surface area contributed by atoms with E-state index in [4.69, 9.17) is 5.73 Å². The van der Waals surface area contributed by atoms with Crippen LogP contribution in [0.3, 0.4) is 0 Å². The molecule has 0 aromatic carbocycles. The number of nitrogens with two attached hydrogens (primary N) is 1. The van der Waals surface area contributed by atoms with Gasteiger partial charge in [-0.25, -0.2) is 4.98 Å². The molecule has 1 rings (SSSR count). The van der Waals surface area contributed by atoms with Crippen molar-refractivity contribution in [1.29, 1.82) is 0 Å². The van der Waals surface area contributed by atoms with Crippen LogP contribution in [0.15, 0.2) is 12.7 Å². The molecule has 0 saturated heterocycles. The summed E-state index contributed by atoms with van der Waals surface area (Å²) in [5.74, 6) is 4.12. The molecule has 0 atom stereocenters. The van der Waals surface area contributed by atoms with Gasteiger partial charge in [0, 0.05) is 19.4 Å². The third-order valence-corrected chi connectivity index (χ3v) is 3.38. The maximum Gasteiger partial charge on any atom is 0.127 e. The maximum absolute atomic E-state index is 6.09. The highest BCUT2D eigenvalue weighted by molar-refractivity contribution is 7.99. The van der Waals surface area contributed by atoms with Crippen LogP contribution in [0.5, 0.6) is 0 Å². The fourth-order valence-corrected chi connectivity index (χ4v) is 2.29. The zero-order valence-electron chi connectivity index (χ0n) is 10.2.